The molecule has 2 aliphatic carbocycles. The van der Waals surface area contributed by atoms with Gasteiger partial charge in [-0.25, -0.2) is 0 Å². The molecular weight excluding hydrogens is 208 g/mol. The molecule has 17 heavy (non-hydrogen) atoms. The summed E-state index contributed by atoms with van der Waals surface area (Å²) in [7, 11) is 2.31. The molecule has 2 fully saturated rings. The van der Waals surface area contributed by atoms with Gasteiger partial charge in [-0.05, 0) is 44.1 Å². The Morgan fingerprint density at radius 2 is 1.76 bits per heavy atom. The average Bonchev–Trinajstić information content (AvgIpc) is 2.57. The monoisotopic (exact) mass is 238 g/mol. The first-order valence-corrected chi connectivity index (χ1v) is 7.46. The van der Waals surface area contributed by atoms with Crippen LogP contribution in [0, 0.1) is 11.3 Å². The van der Waals surface area contributed by atoms with Crippen LogP contribution in [-0.2, 0) is 0 Å². The van der Waals surface area contributed by atoms with Crippen LogP contribution < -0.4 is 5.73 Å². The molecule has 2 aliphatic rings. The maximum atomic E-state index is 6.41. The van der Waals surface area contributed by atoms with Crippen LogP contribution in [-0.4, -0.2) is 30.6 Å². The molecular formula is C15H30N2. The molecule has 0 saturated heterocycles. The number of hydrogen-bond donors (Lipinski definition) is 1. The second-order valence-corrected chi connectivity index (χ2v) is 7.04. The fraction of sp³-hybridized carbons (Fsp3) is 1.00. The van der Waals surface area contributed by atoms with Crippen molar-refractivity contribution in [2.45, 2.75) is 70.9 Å². The van der Waals surface area contributed by atoms with Crippen molar-refractivity contribution in [1.82, 2.24) is 4.90 Å². The van der Waals surface area contributed by atoms with E-state index in [-0.39, 0.29) is 0 Å². The van der Waals surface area contributed by atoms with Gasteiger partial charge in [0.2, 0.25) is 0 Å². The van der Waals surface area contributed by atoms with Gasteiger partial charge in [0, 0.05) is 18.6 Å². The number of rotatable bonds is 3. The summed E-state index contributed by atoms with van der Waals surface area (Å²) in [6.45, 7) is 5.88. The zero-order valence-corrected chi connectivity index (χ0v) is 11.9. The SMILES string of the molecule is CN(CC1CCC(C)(C)C1N)C1CCCCC1. The third kappa shape index (κ3) is 3.03. The number of nitrogens with two attached hydrogens (primary N) is 1. The Labute approximate surface area is 107 Å². The quantitative estimate of drug-likeness (QED) is 0.819. The number of hydrogen-bond acceptors (Lipinski definition) is 2. The van der Waals surface area contributed by atoms with Gasteiger partial charge >= 0.3 is 0 Å². The fourth-order valence-electron chi connectivity index (χ4n) is 3.79. The van der Waals surface area contributed by atoms with E-state index in [4.69, 9.17) is 5.73 Å². The van der Waals surface area contributed by atoms with Crippen LogP contribution in [0.2, 0.25) is 0 Å². The Morgan fingerprint density at radius 3 is 2.29 bits per heavy atom. The van der Waals surface area contributed by atoms with Crippen molar-refractivity contribution in [1.29, 1.82) is 0 Å². The standard InChI is InChI=1S/C15H30N2/c1-15(2)10-9-12(14(15)16)11-17(3)13-7-5-4-6-8-13/h12-14H,4-11,16H2,1-3H3. The summed E-state index contributed by atoms with van der Waals surface area (Å²) in [6.07, 6.45) is 9.74. The first-order valence-electron chi connectivity index (χ1n) is 7.46. The predicted molar refractivity (Wildman–Crippen MR) is 74.0 cm³/mol. The van der Waals surface area contributed by atoms with Crippen LogP contribution in [0.25, 0.3) is 0 Å². The molecule has 100 valence electrons. The highest BCUT2D eigenvalue weighted by Gasteiger charge is 2.40. The van der Waals surface area contributed by atoms with Gasteiger partial charge in [0.25, 0.3) is 0 Å². The van der Waals surface area contributed by atoms with E-state index in [2.05, 4.69) is 25.8 Å². The van der Waals surface area contributed by atoms with E-state index in [9.17, 15) is 0 Å². The summed E-state index contributed by atoms with van der Waals surface area (Å²) >= 11 is 0. The van der Waals surface area contributed by atoms with Gasteiger partial charge in [-0.3, -0.25) is 0 Å². The summed E-state index contributed by atoms with van der Waals surface area (Å²) in [5.74, 6) is 0.719. The summed E-state index contributed by atoms with van der Waals surface area (Å²) < 4.78 is 0. The van der Waals surface area contributed by atoms with Crippen molar-refractivity contribution >= 4 is 0 Å². The second-order valence-electron chi connectivity index (χ2n) is 7.04. The van der Waals surface area contributed by atoms with Crippen LogP contribution in [0.1, 0.15) is 58.8 Å². The van der Waals surface area contributed by atoms with Gasteiger partial charge < -0.3 is 10.6 Å². The molecule has 0 bridgehead atoms. The fourth-order valence-corrected chi connectivity index (χ4v) is 3.79. The lowest BCUT2D eigenvalue weighted by molar-refractivity contribution is 0.154. The average molecular weight is 238 g/mol. The lowest BCUT2D eigenvalue weighted by atomic mass is 9.85. The molecule has 2 unspecified atom stereocenters. The third-order valence-electron chi connectivity index (χ3n) is 5.29. The van der Waals surface area contributed by atoms with E-state index in [0.29, 0.717) is 11.5 Å². The highest BCUT2D eigenvalue weighted by molar-refractivity contribution is 4.95. The van der Waals surface area contributed by atoms with Crippen LogP contribution in [0.3, 0.4) is 0 Å². The highest BCUT2D eigenvalue weighted by Crippen LogP contribution is 2.40. The molecule has 0 aliphatic heterocycles. The largest absolute Gasteiger partial charge is 0.327 e. The maximum Gasteiger partial charge on any atom is 0.0131 e. The summed E-state index contributed by atoms with van der Waals surface area (Å²) in [5, 5.41) is 0. The van der Waals surface area contributed by atoms with E-state index in [1.165, 1.54) is 51.5 Å². The normalized spacial score (nSPS) is 34.4. The van der Waals surface area contributed by atoms with E-state index in [1.54, 1.807) is 0 Å². The Kier molecular flexibility index (Phi) is 4.14. The predicted octanol–water partition coefficient (Wildman–Crippen LogP) is 3.01. The molecule has 2 rings (SSSR count). The zero-order valence-electron chi connectivity index (χ0n) is 11.9. The molecule has 2 saturated carbocycles. The van der Waals surface area contributed by atoms with Gasteiger partial charge in [-0.1, -0.05) is 33.1 Å². The van der Waals surface area contributed by atoms with Gasteiger partial charge in [0.05, 0.1) is 0 Å². The third-order valence-corrected chi connectivity index (χ3v) is 5.29. The van der Waals surface area contributed by atoms with Crippen LogP contribution >= 0.6 is 0 Å². The van der Waals surface area contributed by atoms with Gasteiger partial charge in [0.15, 0.2) is 0 Å². The lowest BCUT2D eigenvalue weighted by Gasteiger charge is -2.35. The zero-order chi connectivity index (χ0) is 12.5. The molecule has 2 nitrogen and oxygen atoms in total. The first-order chi connectivity index (χ1) is 8.00. The van der Waals surface area contributed by atoms with Crippen LogP contribution in [0.15, 0.2) is 0 Å². The topological polar surface area (TPSA) is 29.3 Å². The van der Waals surface area contributed by atoms with Crippen molar-refractivity contribution < 1.29 is 0 Å². The van der Waals surface area contributed by atoms with E-state index in [1.807, 2.05) is 0 Å². The summed E-state index contributed by atoms with van der Waals surface area (Å²) in [4.78, 5) is 2.60. The summed E-state index contributed by atoms with van der Waals surface area (Å²) in [6, 6.07) is 1.23. The van der Waals surface area contributed by atoms with Crippen molar-refractivity contribution in [2.75, 3.05) is 13.6 Å². The summed E-state index contributed by atoms with van der Waals surface area (Å²) in [5.41, 5.74) is 6.77. The molecule has 2 N–H and O–H groups in total. The molecule has 0 aromatic rings. The minimum atomic E-state index is 0.359. The maximum absolute atomic E-state index is 6.41. The molecule has 0 aromatic carbocycles. The van der Waals surface area contributed by atoms with E-state index in [0.717, 1.165) is 12.0 Å². The molecule has 0 spiro atoms. The van der Waals surface area contributed by atoms with Crippen molar-refractivity contribution in [3.05, 3.63) is 0 Å². The van der Waals surface area contributed by atoms with Gasteiger partial charge in [-0.15, -0.1) is 0 Å². The molecule has 0 radical (unpaired) electrons. The minimum absolute atomic E-state index is 0.359. The van der Waals surface area contributed by atoms with E-state index >= 15 is 0 Å². The molecule has 2 atom stereocenters. The number of nitrogens with zero attached hydrogens (tertiary/aromatic N) is 1. The first kappa shape index (κ1) is 13.4. The van der Waals surface area contributed by atoms with Crippen molar-refractivity contribution in [2.24, 2.45) is 17.1 Å². The van der Waals surface area contributed by atoms with Gasteiger partial charge in [0.1, 0.15) is 0 Å². The molecule has 0 heterocycles. The Balaban J connectivity index is 1.84. The molecule has 0 amide bonds. The molecule has 0 aromatic heterocycles. The lowest BCUT2D eigenvalue weighted by Crippen LogP contribution is -2.44. The van der Waals surface area contributed by atoms with Crippen LogP contribution in [0.5, 0.6) is 0 Å². The Hall–Kier alpha value is -0.0800. The van der Waals surface area contributed by atoms with Crippen molar-refractivity contribution in [3.63, 3.8) is 0 Å². The van der Waals surface area contributed by atoms with E-state index < -0.39 is 0 Å². The van der Waals surface area contributed by atoms with Gasteiger partial charge in [-0.2, -0.15) is 0 Å². The minimum Gasteiger partial charge on any atom is -0.327 e. The second kappa shape index (κ2) is 5.27. The smallest absolute Gasteiger partial charge is 0.0131 e. The Bertz CT molecular complexity index is 243. The van der Waals surface area contributed by atoms with Crippen molar-refractivity contribution in [3.8, 4) is 0 Å². The Morgan fingerprint density at radius 1 is 1.12 bits per heavy atom. The molecule has 2 heteroatoms. The van der Waals surface area contributed by atoms with Crippen LogP contribution in [0.4, 0.5) is 0 Å². The highest BCUT2D eigenvalue weighted by atomic mass is 15.1.